The predicted molar refractivity (Wildman–Crippen MR) is 89.5 cm³/mol. The molecule has 1 amide bonds. The van der Waals surface area contributed by atoms with Crippen LogP contribution < -0.4 is 5.32 Å². The van der Waals surface area contributed by atoms with Crippen LogP contribution in [-0.4, -0.2) is 22.4 Å². The Hall–Kier alpha value is -0.870. The quantitative estimate of drug-likeness (QED) is 0.852. The standard InChI is InChI=1S/C17H28N2OS/c1-6-9-13(7-2)19-15(14-11-10-12(4)21-14)18-17(5,8-3)16(19)20/h10-11,13,15,18H,6-9H2,1-5H3. The molecule has 1 saturated heterocycles. The molecule has 1 aliphatic rings. The van der Waals surface area contributed by atoms with Crippen molar-refractivity contribution in [3.8, 4) is 0 Å². The second-order valence-electron chi connectivity index (χ2n) is 6.24. The Morgan fingerprint density at radius 2 is 2.10 bits per heavy atom. The first-order chi connectivity index (χ1) is 9.96. The molecule has 0 aromatic carbocycles. The van der Waals surface area contributed by atoms with Crippen LogP contribution in [0.1, 0.15) is 69.3 Å². The number of amides is 1. The van der Waals surface area contributed by atoms with Gasteiger partial charge in [0.1, 0.15) is 6.17 Å². The zero-order valence-electron chi connectivity index (χ0n) is 13.9. The van der Waals surface area contributed by atoms with Gasteiger partial charge < -0.3 is 4.90 Å². The van der Waals surface area contributed by atoms with E-state index in [1.54, 1.807) is 11.3 Å². The van der Waals surface area contributed by atoms with Gasteiger partial charge in [0.2, 0.25) is 5.91 Å². The van der Waals surface area contributed by atoms with Gasteiger partial charge in [-0.2, -0.15) is 0 Å². The molecule has 21 heavy (non-hydrogen) atoms. The average Bonchev–Trinajstić information content (AvgIpc) is 3.00. The third-order valence-corrected chi connectivity index (χ3v) is 5.72. The molecular weight excluding hydrogens is 280 g/mol. The van der Waals surface area contributed by atoms with Gasteiger partial charge in [-0.25, -0.2) is 0 Å². The average molecular weight is 308 g/mol. The molecule has 4 heteroatoms. The molecule has 3 nitrogen and oxygen atoms in total. The summed E-state index contributed by atoms with van der Waals surface area (Å²) in [5.74, 6) is 0.265. The van der Waals surface area contributed by atoms with Crippen LogP contribution in [0.2, 0.25) is 0 Å². The van der Waals surface area contributed by atoms with Gasteiger partial charge in [-0.05, 0) is 45.2 Å². The third-order valence-electron chi connectivity index (χ3n) is 4.66. The summed E-state index contributed by atoms with van der Waals surface area (Å²) in [6.45, 7) is 10.6. The normalized spacial score (nSPS) is 27.4. The zero-order valence-corrected chi connectivity index (χ0v) is 14.7. The molecule has 1 aromatic heterocycles. The maximum Gasteiger partial charge on any atom is 0.244 e. The maximum atomic E-state index is 13.0. The van der Waals surface area contributed by atoms with Crippen LogP contribution >= 0.6 is 11.3 Å². The van der Waals surface area contributed by atoms with Crippen LogP contribution in [-0.2, 0) is 4.79 Å². The van der Waals surface area contributed by atoms with Gasteiger partial charge in [-0.15, -0.1) is 11.3 Å². The van der Waals surface area contributed by atoms with E-state index in [0.717, 1.165) is 25.7 Å². The van der Waals surface area contributed by atoms with E-state index in [0.29, 0.717) is 6.04 Å². The number of carbonyl (C=O) groups excluding carboxylic acids is 1. The largest absolute Gasteiger partial charge is 0.318 e. The van der Waals surface area contributed by atoms with Crippen LogP contribution in [0, 0.1) is 6.92 Å². The van der Waals surface area contributed by atoms with Crippen molar-refractivity contribution in [2.75, 3.05) is 0 Å². The molecule has 0 saturated carbocycles. The highest BCUT2D eigenvalue weighted by Gasteiger charge is 2.49. The first kappa shape index (κ1) is 16.5. The minimum absolute atomic E-state index is 0.0395. The lowest BCUT2D eigenvalue weighted by atomic mass is 9.98. The Morgan fingerprint density at radius 3 is 2.57 bits per heavy atom. The van der Waals surface area contributed by atoms with E-state index >= 15 is 0 Å². The van der Waals surface area contributed by atoms with Crippen molar-refractivity contribution in [1.29, 1.82) is 0 Å². The Labute approximate surface area is 132 Å². The molecule has 3 unspecified atom stereocenters. The Bertz CT molecular complexity index is 499. The van der Waals surface area contributed by atoms with E-state index < -0.39 is 5.54 Å². The van der Waals surface area contributed by atoms with Crippen LogP contribution in [0.5, 0.6) is 0 Å². The number of hydrogen-bond acceptors (Lipinski definition) is 3. The van der Waals surface area contributed by atoms with Crippen LogP contribution in [0.25, 0.3) is 0 Å². The van der Waals surface area contributed by atoms with Crippen molar-refractivity contribution in [2.45, 2.75) is 78.0 Å². The maximum absolute atomic E-state index is 13.0. The molecule has 1 N–H and O–H groups in total. The molecule has 0 aliphatic carbocycles. The summed E-state index contributed by atoms with van der Waals surface area (Å²) >= 11 is 1.79. The summed E-state index contributed by atoms with van der Waals surface area (Å²) in [6.07, 6.45) is 4.07. The van der Waals surface area contributed by atoms with Crippen molar-refractivity contribution in [3.05, 3.63) is 21.9 Å². The highest BCUT2D eigenvalue weighted by atomic mass is 32.1. The molecule has 0 bridgehead atoms. The molecule has 118 valence electrons. The number of rotatable bonds is 6. The van der Waals surface area contributed by atoms with E-state index in [9.17, 15) is 4.79 Å². The summed E-state index contributed by atoms with van der Waals surface area (Å²) in [4.78, 5) is 17.7. The minimum atomic E-state index is -0.427. The second-order valence-corrected chi connectivity index (χ2v) is 7.56. The SMILES string of the molecule is CCCC(CC)N1C(=O)C(C)(CC)NC1c1ccc(C)s1. The van der Waals surface area contributed by atoms with Crippen LogP contribution in [0.15, 0.2) is 12.1 Å². The fourth-order valence-electron chi connectivity index (χ4n) is 3.15. The van der Waals surface area contributed by atoms with Gasteiger partial charge in [-0.3, -0.25) is 10.1 Å². The zero-order chi connectivity index (χ0) is 15.6. The fourth-order valence-corrected chi connectivity index (χ4v) is 4.07. The fraction of sp³-hybridized carbons (Fsp3) is 0.706. The summed E-state index contributed by atoms with van der Waals surface area (Å²) in [5, 5.41) is 3.61. The van der Waals surface area contributed by atoms with Crippen molar-refractivity contribution < 1.29 is 4.79 Å². The summed E-state index contributed by atoms with van der Waals surface area (Å²) < 4.78 is 0. The lowest BCUT2D eigenvalue weighted by molar-refractivity contribution is -0.135. The Morgan fingerprint density at radius 1 is 1.38 bits per heavy atom. The molecule has 2 rings (SSSR count). The molecule has 2 heterocycles. The summed E-state index contributed by atoms with van der Waals surface area (Å²) in [7, 11) is 0. The molecular formula is C17H28N2OS. The molecule has 0 radical (unpaired) electrons. The van der Waals surface area contributed by atoms with Crippen molar-refractivity contribution in [1.82, 2.24) is 10.2 Å². The minimum Gasteiger partial charge on any atom is -0.318 e. The number of nitrogens with zero attached hydrogens (tertiary/aromatic N) is 1. The van der Waals surface area contributed by atoms with Gasteiger partial charge in [0.15, 0.2) is 0 Å². The second kappa shape index (κ2) is 6.49. The van der Waals surface area contributed by atoms with E-state index in [1.165, 1.54) is 9.75 Å². The van der Waals surface area contributed by atoms with Crippen LogP contribution in [0.4, 0.5) is 0 Å². The monoisotopic (exact) mass is 308 g/mol. The Balaban J connectivity index is 2.37. The van der Waals surface area contributed by atoms with Gasteiger partial charge in [0.05, 0.1) is 5.54 Å². The van der Waals surface area contributed by atoms with Crippen molar-refractivity contribution >= 4 is 17.2 Å². The van der Waals surface area contributed by atoms with Crippen molar-refractivity contribution in [2.24, 2.45) is 0 Å². The lowest BCUT2D eigenvalue weighted by Gasteiger charge is -2.32. The molecule has 0 spiro atoms. The number of nitrogens with one attached hydrogen (secondary N) is 1. The smallest absolute Gasteiger partial charge is 0.244 e. The third kappa shape index (κ3) is 3.02. The molecule has 1 aromatic rings. The lowest BCUT2D eigenvalue weighted by Crippen LogP contribution is -2.44. The van der Waals surface area contributed by atoms with E-state index in [-0.39, 0.29) is 12.1 Å². The van der Waals surface area contributed by atoms with Crippen molar-refractivity contribution in [3.63, 3.8) is 0 Å². The van der Waals surface area contributed by atoms with Crippen LogP contribution in [0.3, 0.4) is 0 Å². The first-order valence-corrected chi connectivity index (χ1v) is 8.95. The number of aryl methyl sites for hydroxylation is 1. The summed E-state index contributed by atoms with van der Waals surface area (Å²) in [5.41, 5.74) is -0.427. The Kier molecular flexibility index (Phi) is 5.10. The van der Waals surface area contributed by atoms with E-state index in [2.05, 4.69) is 50.0 Å². The number of thiophene rings is 1. The highest BCUT2D eigenvalue weighted by molar-refractivity contribution is 7.12. The number of hydrogen-bond donors (Lipinski definition) is 1. The number of carbonyl (C=O) groups is 1. The van der Waals surface area contributed by atoms with Gasteiger partial charge in [-0.1, -0.05) is 27.2 Å². The first-order valence-electron chi connectivity index (χ1n) is 8.13. The molecule has 1 fully saturated rings. The molecule has 3 atom stereocenters. The molecule has 1 aliphatic heterocycles. The van der Waals surface area contributed by atoms with Gasteiger partial charge in [0.25, 0.3) is 0 Å². The predicted octanol–water partition coefficient (Wildman–Crippen LogP) is 4.23. The van der Waals surface area contributed by atoms with E-state index in [1.807, 2.05) is 6.92 Å². The van der Waals surface area contributed by atoms with Gasteiger partial charge >= 0.3 is 0 Å². The summed E-state index contributed by atoms with van der Waals surface area (Å²) in [6, 6.07) is 4.64. The highest BCUT2D eigenvalue weighted by Crippen LogP contribution is 2.38. The van der Waals surface area contributed by atoms with E-state index in [4.69, 9.17) is 0 Å². The topological polar surface area (TPSA) is 32.3 Å². The van der Waals surface area contributed by atoms with Gasteiger partial charge in [0, 0.05) is 15.8 Å².